The maximum absolute atomic E-state index is 12.5. The van der Waals surface area contributed by atoms with Gasteiger partial charge in [0.05, 0.1) is 10.3 Å². The van der Waals surface area contributed by atoms with Crippen LogP contribution < -0.4 is 0 Å². The van der Waals surface area contributed by atoms with Crippen molar-refractivity contribution in [1.29, 1.82) is 0 Å². The van der Waals surface area contributed by atoms with Crippen molar-refractivity contribution < 1.29 is 19.2 Å². The van der Waals surface area contributed by atoms with Crippen LogP contribution in [0.2, 0.25) is 0 Å². The molecule has 0 saturated heterocycles. The normalized spacial score (nSPS) is 31.5. The van der Waals surface area contributed by atoms with Crippen molar-refractivity contribution in [3.05, 3.63) is 39.9 Å². The Morgan fingerprint density at radius 2 is 1.82 bits per heavy atom. The molecule has 0 unspecified atom stereocenters. The number of carbonyl (C=O) groups is 2. The number of ketones is 1. The number of fused-ring (bicyclic) bond motifs is 1. The number of nitro benzene ring substituents is 1. The Kier molecular flexibility index (Phi) is 3.09. The van der Waals surface area contributed by atoms with Crippen LogP contribution in [0.5, 0.6) is 0 Å². The van der Waals surface area contributed by atoms with E-state index in [1.54, 1.807) is 12.1 Å². The molecule has 0 aliphatic heterocycles. The number of esters is 1. The molecule has 116 valence electrons. The molecule has 0 aromatic heterocycles. The number of non-ortho nitro benzene ring substituents is 1. The monoisotopic (exact) mass is 303 g/mol. The molecule has 22 heavy (non-hydrogen) atoms. The number of hydrogen-bond acceptors (Lipinski definition) is 5. The first kappa shape index (κ1) is 14.7. The molecule has 3 rings (SSSR count). The van der Waals surface area contributed by atoms with Gasteiger partial charge in [0.15, 0.2) is 0 Å². The van der Waals surface area contributed by atoms with Crippen LogP contribution in [0.25, 0.3) is 0 Å². The summed E-state index contributed by atoms with van der Waals surface area (Å²) in [5.74, 6) is -0.465. The fraction of sp³-hybridized carbons (Fsp3) is 0.500. The van der Waals surface area contributed by atoms with Crippen molar-refractivity contribution in [2.75, 3.05) is 0 Å². The number of nitrogens with zero attached hydrogens (tertiary/aromatic N) is 1. The van der Waals surface area contributed by atoms with Crippen LogP contribution >= 0.6 is 0 Å². The second-order valence-corrected chi connectivity index (χ2v) is 6.59. The lowest BCUT2D eigenvalue weighted by atomic mass is 9.81. The average Bonchev–Trinajstić information content (AvgIpc) is 3.13. The van der Waals surface area contributed by atoms with E-state index in [4.69, 9.17) is 4.74 Å². The van der Waals surface area contributed by atoms with Gasteiger partial charge in [-0.05, 0) is 19.4 Å². The Morgan fingerprint density at radius 1 is 1.23 bits per heavy atom. The van der Waals surface area contributed by atoms with Gasteiger partial charge in [0.2, 0.25) is 0 Å². The Hall–Kier alpha value is -2.24. The highest BCUT2D eigenvalue weighted by atomic mass is 16.6. The molecule has 6 nitrogen and oxygen atoms in total. The fourth-order valence-corrected chi connectivity index (χ4v) is 3.75. The predicted molar refractivity (Wildman–Crippen MR) is 77.2 cm³/mol. The molecule has 4 atom stereocenters. The summed E-state index contributed by atoms with van der Waals surface area (Å²) in [6.07, 6.45) is -0.428. The minimum Gasteiger partial charge on any atom is -0.461 e. The third-order valence-electron chi connectivity index (χ3n) is 4.86. The van der Waals surface area contributed by atoms with Crippen LogP contribution in [0.4, 0.5) is 5.69 Å². The Balaban J connectivity index is 1.86. The van der Waals surface area contributed by atoms with Gasteiger partial charge in [-0.2, -0.15) is 0 Å². The summed E-state index contributed by atoms with van der Waals surface area (Å²) >= 11 is 0. The molecule has 0 N–H and O–H groups in total. The second kappa shape index (κ2) is 4.63. The molecule has 0 radical (unpaired) electrons. The summed E-state index contributed by atoms with van der Waals surface area (Å²) in [5, 5.41) is 10.7. The fourth-order valence-electron chi connectivity index (χ4n) is 3.75. The topological polar surface area (TPSA) is 86.5 Å². The van der Waals surface area contributed by atoms with Crippen molar-refractivity contribution in [3.8, 4) is 0 Å². The van der Waals surface area contributed by atoms with E-state index in [-0.39, 0.29) is 35.2 Å². The molecule has 2 saturated carbocycles. The Bertz CT molecular complexity index is 664. The van der Waals surface area contributed by atoms with Gasteiger partial charge >= 0.3 is 5.97 Å². The highest BCUT2D eigenvalue weighted by Crippen LogP contribution is 2.67. The van der Waals surface area contributed by atoms with Crippen LogP contribution in [0.15, 0.2) is 24.3 Å². The number of hydrogen-bond donors (Lipinski definition) is 0. The van der Waals surface area contributed by atoms with Crippen LogP contribution in [0.1, 0.15) is 32.3 Å². The lowest BCUT2D eigenvalue weighted by Crippen LogP contribution is -2.37. The number of rotatable bonds is 3. The van der Waals surface area contributed by atoms with E-state index in [1.807, 2.05) is 13.8 Å². The number of carbonyl (C=O) groups excluding carboxylic acids is 2. The first-order chi connectivity index (χ1) is 10.2. The van der Waals surface area contributed by atoms with Gasteiger partial charge in [-0.15, -0.1) is 0 Å². The van der Waals surface area contributed by atoms with Crippen LogP contribution in [0.3, 0.4) is 0 Å². The highest BCUT2D eigenvalue weighted by molar-refractivity contribution is 5.95. The summed E-state index contributed by atoms with van der Waals surface area (Å²) in [6.45, 7) is 4.96. The van der Waals surface area contributed by atoms with E-state index in [0.29, 0.717) is 0 Å². The van der Waals surface area contributed by atoms with Gasteiger partial charge in [0.1, 0.15) is 11.9 Å². The molecule has 0 bridgehead atoms. The summed E-state index contributed by atoms with van der Waals surface area (Å²) in [7, 11) is 0. The van der Waals surface area contributed by atoms with Crippen molar-refractivity contribution in [2.45, 2.75) is 32.8 Å². The van der Waals surface area contributed by atoms with E-state index in [9.17, 15) is 19.7 Å². The third kappa shape index (κ3) is 2.01. The highest BCUT2D eigenvalue weighted by Gasteiger charge is 2.71. The van der Waals surface area contributed by atoms with Crippen LogP contribution in [0, 0.1) is 27.4 Å². The van der Waals surface area contributed by atoms with E-state index in [0.717, 1.165) is 5.56 Å². The van der Waals surface area contributed by atoms with Crippen molar-refractivity contribution in [1.82, 2.24) is 0 Å². The largest absolute Gasteiger partial charge is 0.461 e. The van der Waals surface area contributed by atoms with E-state index >= 15 is 0 Å². The summed E-state index contributed by atoms with van der Waals surface area (Å²) in [4.78, 5) is 34.1. The molecule has 0 heterocycles. The summed E-state index contributed by atoms with van der Waals surface area (Å²) in [6, 6.07) is 6.26. The SMILES string of the molecule is CC(=O)O[C@H]1[C@H]2[C@@H](C(=O)C1(C)C)[C@H]2c1ccc([N+](=O)[O-])cc1. The maximum atomic E-state index is 12.5. The molecular formula is C16H17NO5. The molecule has 2 aliphatic carbocycles. The predicted octanol–water partition coefficient (Wildman–Crippen LogP) is 2.47. The molecule has 0 amide bonds. The zero-order valence-electron chi connectivity index (χ0n) is 12.6. The van der Waals surface area contributed by atoms with Gasteiger partial charge in [-0.25, -0.2) is 0 Å². The van der Waals surface area contributed by atoms with Gasteiger partial charge < -0.3 is 4.74 Å². The van der Waals surface area contributed by atoms with Crippen molar-refractivity contribution >= 4 is 17.4 Å². The molecule has 0 spiro atoms. The zero-order valence-corrected chi connectivity index (χ0v) is 12.6. The number of benzene rings is 1. The number of Topliss-reactive ketones (excluding diaryl/α,β-unsaturated/α-hetero) is 1. The van der Waals surface area contributed by atoms with Crippen molar-refractivity contribution in [3.63, 3.8) is 0 Å². The first-order valence-corrected chi connectivity index (χ1v) is 7.21. The van der Waals surface area contributed by atoms with Crippen LogP contribution in [-0.4, -0.2) is 22.8 Å². The first-order valence-electron chi connectivity index (χ1n) is 7.21. The lowest BCUT2D eigenvalue weighted by Gasteiger charge is -2.29. The van der Waals surface area contributed by atoms with E-state index in [1.165, 1.54) is 19.1 Å². The Morgan fingerprint density at radius 3 is 2.32 bits per heavy atom. The molecular weight excluding hydrogens is 286 g/mol. The lowest BCUT2D eigenvalue weighted by molar-refractivity contribution is -0.384. The van der Waals surface area contributed by atoms with E-state index in [2.05, 4.69) is 0 Å². The van der Waals surface area contributed by atoms with Crippen molar-refractivity contribution in [2.24, 2.45) is 17.3 Å². The minimum absolute atomic E-state index is 0.00863. The summed E-state index contributed by atoms with van der Waals surface area (Å²) in [5.41, 5.74) is 0.248. The second-order valence-electron chi connectivity index (χ2n) is 6.59. The quantitative estimate of drug-likeness (QED) is 0.486. The van der Waals surface area contributed by atoms with E-state index < -0.39 is 16.4 Å². The Labute approximate surface area is 127 Å². The average molecular weight is 303 g/mol. The van der Waals surface area contributed by atoms with Gasteiger partial charge in [0, 0.05) is 36.8 Å². The minimum atomic E-state index is -0.668. The van der Waals surface area contributed by atoms with Gasteiger partial charge in [0.25, 0.3) is 5.69 Å². The standard InChI is InChI=1S/C16H17NO5/c1-8(18)22-15-13-11(12(13)14(19)16(15,2)3)9-4-6-10(7-5-9)17(20)21/h4-7,11-13,15H,1-3H3/t11-,12+,13-,15+/m1/s1. The molecule has 2 aliphatic rings. The number of ether oxygens (including phenoxy) is 1. The third-order valence-corrected chi connectivity index (χ3v) is 4.86. The van der Waals surface area contributed by atoms with Gasteiger partial charge in [-0.1, -0.05) is 12.1 Å². The molecule has 1 aromatic rings. The summed E-state index contributed by atoms with van der Waals surface area (Å²) < 4.78 is 5.40. The maximum Gasteiger partial charge on any atom is 0.302 e. The smallest absolute Gasteiger partial charge is 0.302 e. The zero-order chi connectivity index (χ0) is 16.2. The molecule has 6 heteroatoms. The molecule has 1 aromatic carbocycles. The molecule has 2 fully saturated rings. The van der Waals surface area contributed by atoms with Gasteiger partial charge in [-0.3, -0.25) is 19.7 Å². The van der Waals surface area contributed by atoms with Crippen LogP contribution in [-0.2, 0) is 14.3 Å². The number of nitro groups is 1.